The van der Waals surface area contributed by atoms with Gasteiger partial charge in [0.2, 0.25) is 0 Å². The van der Waals surface area contributed by atoms with Gasteiger partial charge in [0.15, 0.2) is 0 Å². The maximum absolute atomic E-state index is 9.09. The van der Waals surface area contributed by atoms with E-state index in [1.54, 1.807) is 24.3 Å². The molecule has 2 aliphatic carbocycles. The third-order valence-electron chi connectivity index (χ3n) is 3.07. The molecular formula is C16H3Cl3N4. The molecule has 0 aromatic rings. The van der Waals surface area contributed by atoms with E-state index < -0.39 is 0 Å². The molecule has 0 saturated heterocycles. The van der Waals surface area contributed by atoms with Crippen LogP contribution >= 0.6 is 34.8 Å². The van der Waals surface area contributed by atoms with Crippen molar-refractivity contribution in [3.8, 4) is 35.4 Å². The molecule has 2 aliphatic rings. The van der Waals surface area contributed by atoms with Crippen LogP contribution in [0.3, 0.4) is 0 Å². The van der Waals surface area contributed by atoms with Crippen LogP contribution in [-0.4, -0.2) is 0 Å². The highest BCUT2D eigenvalue weighted by Crippen LogP contribution is 2.35. The third kappa shape index (κ3) is 2.80. The maximum Gasteiger partial charge on any atom is 0.139 e. The van der Waals surface area contributed by atoms with Gasteiger partial charge in [0.05, 0.1) is 10.0 Å². The Morgan fingerprint density at radius 1 is 0.696 bits per heavy atom. The number of hydrogen-bond acceptors (Lipinski definition) is 4. The predicted molar refractivity (Wildman–Crippen MR) is 86.6 cm³/mol. The Balaban J connectivity index is 3.19. The van der Waals surface area contributed by atoms with Crippen LogP contribution in [0.15, 0.2) is 18.2 Å². The highest BCUT2D eigenvalue weighted by molar-refractivity contribution is 6.45. The number of fused-ring (bicyclic) bond motifs is 1. The molecular weight excluding hydrogens is 355 g/mol. The first-order chi connectivity index (χ1) is 11.0. The van der Waals surface area contributed by atoms with Crippen LogP contribution in [0.25, 0.3) is 22.3 Å². The molecule has 23 heavy (non-hydrogen) atoms. The number of rotatable bonds is 0. The van der Waals surface area contributed by atoms with Gasteiger partial charge in [0.1, 0.15) is 35.4 Å². The second-order valence-electron chi connectivity index (χ2n) is 4.30. The summed E-state index contributed by atoms with van der Waals surface area (Å²) < 4.78 is 0. The molecule has 7 heteroatoms. The first-order valence-electron chi connectivity index (χ1n) is 5.94. The second-order valence-corrected chi connectivity index (χ2v) is 5.49. The van der Waals surface area contributed by atoms with Gasteiger partial charge < -0.3 is 0 Å². The summed E-state index contributed by atoms with van der Waals surface area (Å²) in [5.41, 5.74) is 0.425. The molecule has 0 atom stereocenters. The number of nitriles is 4. The Bertz CT molecular complexity index is 1060. The summed E-state index contributed by atoms with van der Waals surface area (Å²) in [4.78, 5) is 0. The lowest BCUT2D eigenvalue weighted by molar-refractivity contribution is 1.50. The fourth-order valence-corrected chi connectivity index (χ4v) is 2.87. The van der Waals surface area contributed by atoms with E-state index in [2.05, 4.69) is 0 Å². The van der Waals surface area contributed by atoms with Crippen molar-refractivity contribution >= 4 is 45.9 Å². The topological polar surface area (TPSA) is 95.2 Å². The predicted octanol–water partition coefficient (Wildman–Crippen LogP) is 3.15. The highest BCUT2D eigenvalue weighted by atomic mass is 35.5. The van der Waals surface area contributed by atoms with Gasteiger partial charge in [-0.1, -0.05) is 34.8 Å². The minimum atomic E-state index is -0.208. The summed E-state index contributed by atoms with van der Waals surface area (Å²) in [6.45, 7) is 0. The Kier molecular flexibility index (Phi) is 4.76. The van der Waals surface area contributed by atoms with Crippen molar-refractivity contribution in [1.82, 2.24) is 0 Å². The summed E-state index contributed by atoms with van der Waals surface area (Å²) in [6.07, 6.45) is 0. The summed E-state index contributed by atoms with van der Waals surface area (Å²) in [5.74, 6) is 0. The van der Waals surface area contributed by atoms with Gasteiger partial charge in [0.25, 0.3) is 0 Å². The molecule has 0 N–H and O–H groups in total. The number of halogens is 3. The first-order valence-corrected chi connectivity index (χ1v) is 7.08. The normalized spacial score (nSPS) is 9.35. The fraction of sp³-hybridized carbons (Fsp3) is 0. The van der Waals surface area contributed by atoms with Crippen molar-refractivity contribution in [3.05, 3.63) is 43.7 Å². The zero-order chi connectivity index (χ0) is 17.1. The van der Waals surface area contributed by atoms with Gasteiger partial charge >= 0.3 is 0 Å². The molecule has 0 fully saturated rings. The molecule has 0 heterocycles. The Hall–Kier alpha value is -2.73. The van der Waals surface area contributed by atoms with Crippen LogP contribution in [0.4, 0.5) is 0 Å². The quantitative estimate of drug-likeness (QED) is 0.723. The number of hydrogen-bond donors (Lipinski definition) is 0. The van der Waals surface area contributed by atoms with E-state index in [0.29, 0.717) is 11.1 Å². The van der Waals surface area contributed by atoms with Crippen LogP contribution in [0.5, 0.6) is 0 Å². The van der Waals surface area contributed by atoms with Gasteiger partial charge in [0, 0.05) is 21.0 Å². The lowest BCUT2D eigenvalue weighted by atomic mass is 10.1. The van der Waals surface area contributed by atoms with Gasteiger partial charge in [-0.2, -0.15) is 21.0 Å². The molecule has 0 aliphatic heterocycles. The van der Waals surface area contributed by atoms with Crippen molar-refractivity contribution in [2.45, 2.75) is 0 Å². The van der Waals surface area contributed by atoms with E-state index in [1.165, 1.54) is 18.2 Å². The Morgan fingerprint density at radius 3 is 1.78 bits per heavy atom. The fourth-order valence-electron chi connectivity index (χ4n) is 2.10. The summed E-state index contributed by atoms with van der Waals surface area (Å²) in [6, 6.07) is 11.5. The molecule has 0 unspecified atom stereocenters. The largest absolute Gasteiger partial charge is 0.192 e. The smallest absolute Gasteiger partial charge is 0.139 e. The van der Waals surface area contributed by atoms with Crippen LogP contribution in [0, 0.1) is 45.3 Å². The lowest BCUT2D eigenvalue weighted by Gasteiger charge is -1.93. The van der Waals surface area contributed by atoms with Gasteiger partial charge in [-0.25, -0.2) is 0 Å². The monoisotopic (exact) mass is 356 g/mol. The molecule has 0 spiro atoms. The second kappa shape index (κ2) is 6.58. The molecule has 0 saturated carbocycles. The van der Waals surface area contributed by atoms with Crippen LogP contribution in [-0.2, 0) is 0 Å². The van der Waals surface area contributed by atoms with Crippen LogP contribution in [0.1, 0.15) is 0 Å². The van der Waals surface area contributed by atoms with E-state index in [-0.39, 0.29) is 36.7 Å². The molecule has 0 aromatic carbocycles. The average molecular weight is 358 g/mol. The molecule has 108 valence electrons. The van der Waals surface area contributed by atoms with Gasteiger partial charge in [-0.05, 0) is 23.8 Å². The third-order valence-corrected chi connectivity index (χ3v) is 4.16. The summed E-state index contributed by atoms with van der Waals surface area (Å²) >= 11 is 18.4. The van der Waals surface area contributed by atoms with E-state index in [9.17, 15) is 0 Å². The van der Waals surface area contributed by atoms with E-state index >= 15 is 0 Å². The Morgan fingerprint density at radius 2 is 1.26 bits per heavy atom. The molecule has 0 bridgehead atoms. The van der Waals surface area contributed by atoms with E-state index in [4.69, 9.17) is 55.9 Å². The average Bonchev–Trinajstić information content (AvgIpc) is 2.67. The first kappa shape index (κ1) is 16.6. The lowest BCUT2D eigenvalue weighted by Crippen LogP contribution is -2.05. The standard InChI is InChI=1S/C16H3Cl3N4/c17-11-1-8(9(4-20)5-21)2-13-12(3-11)14(10(6-22)7-23)16(19)15(13)18/h1-3H. The van der Waals surface area contributed by atoms with Gasteiger partial charge in [-0.3, -0.25) is 0 Å². The van der Waals surface area contributed by atoms with E-state index in [0.717, 1.165) is 0 Å². The molecule has 0 amide bonds. The zero-order valence-electron chi connectivity index (χ0n) is 11.2. The van der Waals surface area contributed by atoms with E-state index in [1.807, 2.05) is 0 Å². The number of nitrogens with zero attached hydrogens (tertiary/aromatic N) is 4. The van der Waals surface area contributed by atoms with Crippen molar-refractivity contribution in [2.24, 2.45) is 0 Å². The van der Waals surface area contributed by atoms with Crippen LogP contribution in [0.2, 0.25) is 15.1 Å². The summed E-state index contributed by atoms with van der Waals surface area (Å²) in [7, 11) is 0. The highest BCUT2D eigenvalue weighted by Gasteiger charge is 2.19. The zero-order valence-corrected chi connectivity index (χ0v) is 13.4. The van der Waals surface area contributed by atoms with Crippen molar-refractivity contribution < 1.29 is 0 Å². The van der Waals surface area contributed by atoms with Crippen molar-refractivity contribution in [2.75, 3.05) is 0 Å². The molecule has 0 aromatic heterocycles. The van der Waals surface area contributed by atoms with Crippen molar-refractivity contribution in [3.63, 3.8) is 0 Å². The molecule has 4 nitrogen and oxygen atoms in total. The summed E-state index contributed by atoms with van der Waals surface area (Å²) in [5, 5.41) is 37.0. The van der Waals surface area contributed by atoms with Crippen molar-refractivity contribution in [1.29, 1.82) is 21.0 Å². The van der Waals surface area contributed by atoms with Gasteiger partial charge in [-0.15, -0.1) is 0 Å². The Labute approximate surface area is 146 Å². The minimum absolute atomic E-state index is 0.0449. The minimum Gasteiger partial charge on any atom is -0.192 e. The SMILES string of the molecule is N#CC(C#N)=c1cc(Cl)cc2c(=C(C#N)C#N)c(Cl)c(Cl)c-2c1. The molecule has 2 rings (SSSR count). The van der Waals surface area contributed by atoms with Crippen LogP contribution < -0.4 is 10.4 Å². The molecule has 0 radical (unpaired) electrons. The maximum atomic E-state index is 9.09.